The highest BCUT2D eigenvalue weighted by molar-refractivity contribution is 5.98. The SMILES string of the molecule is NC(=O)c1ccccc1OCC#CCNC(=O)c1ccc2ccccc2c1. The number of nitrogens with one attached hydrogen (secondary N) is 1. The summed E-state index contributed by atoms with van der Waals surface area (Å²) < 4.78 is 5.45. The summed E-state index contributed by atoms with van der Waals surface area (Å²) in [5, 5.41) is 4.85. The van der Waals surface area contributed by atoms with Crippen molar-refractivity contribution in [2.45, 2.75) is 0 Å². The van der Waals surface area contributed by atoms with Crippen LogP contribution in [0.2, 0.25) is 0 Å². The Kier molecular flexibility index (Phi) is 5.70. The van der Waals surface area contributed by atoms with Crippen LogP contribution in [-0.4, -0.2) is 25.0 Å². The van der Waals surface area contributed by atoms with Crippen molar-refractivity contribution in [3.05, 3.63) is 77.9 Å². The van der Waals surface area contributed by atoms with Crippen LogP contribution in [0.15, 0.2) is 66.7 Å². The van der Waals surface area contributed by atoms with Gasteiger partial charge in [0.25, 0.3) is 11.8 Å². The van der Waals surface area contributed by atoms with Crippen molar-refractivity contribution >= 4 is 22.6 Å². The van der Waals surface area contributed by atoms with Gasteiger partial charge in [-0.25, -0.2) is 0 Å². The van der Waals surface area contributed by atoms with Gasteiger partial charge < -0.3 is 15.8 Å². The Morgan fingerprint density at radius 1 is 0.926 bits per heavy atom. The fraction of sp³-hybridized carbons (Fsp3) is 0.0909. The van der Waals surface area contributed by atoms with Crippen LogP contribution in [0, 0.1) is 11.8 Å². The second-order valence-corrected chi connectivity index (χ2v) is 5.75. The number of hydrogen-bond acceptors (Lipinski definition) is 3. The van der Waals surface area contributed by atoms with Gasteiger partial charge in [-0.2, -0.15) is 0 Å². The standard InChI is InChI=1S/C22H18N2O3/c23-21(25)19-9-3-4-10-20(19)27-14-6-5-13-24-22(26)18-12-11-16-7-1-2-8-17(16)15-18/h1-4,7-12,15H,13-14H2,(H2,23,25)(H,24,26). The molecule has 0 radical (unpaired) electrons. The minimum atomic E-state index is -0.554. The maximum absolute atomic E-state index is 12.2. The zero-order chi connectivity index (χ0) is 19.1. The predicted molar refractivity (Wildman–Crippen MR) is 105 cm³/mol. The highest BCUT2D eigenvalue weighted by atomic mass is 16.5. The van der Waals surface area contributed by atoms with Gasteiger partial charge in [0.05, 0.1) is 12.1 Å². The van der Waals surface area contributed by atoms with Gasteiger partial charge in [-0.1, -0.05) is 54.3 Å². The third-order valence-corrected chi connectivity index (χ3v) is 3.93. The molecule has 3 aromatic carbocycles. The smallest absolute Gasteiger partial charge is 0.252 e. The van der Waals surface area contributed by atoms with Gasteiger partial charge in [-0.05, 0) is 35.0 Å². The van der Waals surface area contributed by atoms with E-state index in [4.69, 9.17) is 10.5 Å². The van der Waals surface area contributed by atoms with Crippen molar-refractivity contribution in [2.24, 2.45) is 5.73 Å². The van der Waals surface area contributed by atoms with Crippen molar-refractivity contribution in [3.63, 3.8) is 0 Å². The molecule has 0 aliphatic carbocycles. The Hall–Kier alpha value is -3.78. The molecule has 0 aliphatic heterocycles. The first-order valence-corrected chi connectivity index (χ1v) is 8.39. The number of fused-ring (bicyclic) bond motifs is 1. The second kappa shape index (κ2) is 8.54. The molecule has 0 saturated heterocycles. The Labute approximate surface area is 157 Å². The molecule has 5 heteroatoms. The van der Waals surface area contributed by atoms with Crippen LogP contribution in [0.5, 0.6) is 5.75 Å². The van der Waals surface area contributed by atoms with Crippen LogP contribution in [0.4, 0.5) is 0 Å². The van der Waals surface area contributed by atoms with E-state index in [1.807, 2.05) is 36.4 Å². The third kappa shape index (κ3) is 4.65. The summed E-state index contributed by atoms with van der Waals surface area (Å²) in [5.41, 5.74) is 6.18. The molecule has 3 N–H and O–H groups in total. The number of ether oxygens (including phenoxy) is 1. The number of rotatable bonds is 5. The molecule has 0 fully saturated rings. The number of primary amides is 1. The zero-order valence-electron chi connectivity index (χ0n) is 14.6. The van der Waals surface area contributed by atoms with Crippen molar-refractivity contribution in [1.82, 2.24) is 5.32 Å². The Morgan fingerprint density at radius 3 is 2.48 bits per heavy atom. The van der Waals surface area contributed by atoms with Crippen LogP contribution in [0.1, 0.15) is 20.7 Å². The van der Waals surface area contributed by atoms with Crippen molar-refractivity contribution in [3.8, 4) is 17.6 Å². The largest absolute Gasteiger partial charge is 0.480 e. The number of carbonyl (C=O) groups is 2. The lowest BCUT2D eigenvalue weighted by Gasteiger charge is -2.06. The minimum Gasteiger partial charge on any atom is -0.480 e. The first-order chi connectivity index (χ1) is 13.1. The highest BCUT2D eigenvalue weighted by Crippen LogP contribution is 2.17. The van der Waals surface area contributed by atoms with Crippen LogP contribution >= 0.6 is 0 Å². The molecular formula is C22H18N2O3. The van der Waals surface area contributed by atoms with E-state index >= 15 is 0 Å². The molecule has 2 amide bonds. The first kappa shape index (κ1) is 18.0. The third-order valence-electron chi connectivity index (χ3n) is 3.93. The molecular weight excluding hydrogens is 340 g/mol. The molecule has 0 aromatic heterocycles. The molecule has 0 atom stereocenters. The van der Waals surface area contributed by atoms with Crippen molar-refractivity contribution < 1.29 is 14.3 Å². The van der Waals surface area contributed by atoms with E-state index in [1.165, 1.54) is 0 Å². The van der Waals surface area contributed by atoms with Crippen LogP contribution in [0.3, 0.4) is 0 Å². The van der Waals surface area contributed by atoms with Crippen molar-refractivity contribution in [2.75, 3.05) is 13.2 Å². The average Bonchev–Trinajstić information content (AvgIpc) is 2.70. The summed E-state index contributed by atoms with van der Waals surface area (Å²) in [6.07, 6.45) is 0. The van der Waals surface area contributed by atoms with E-state index in [2.05, 4.69) is 17.2 Å². The second-order valence-electron chi connectivity index (χ2n) is 5.75. The summed E-state index contributed by atoms with van der Waals surface area (Å²) >= 11 is 0. The van der Waals surface area contributed by atoms with Gasteiger partial charge >= 0.3 is 0 Å². The molecule has 3 rings (SSSR count). The van der Waals surface area contributed by atoms with E-state index in [0.29, 0.717) is 16.9 Å². The van der Waals surface area contributed by atoms with E-state index in [0.717, 1.165) is 10.8 Å². The molecule has 0 spiro atoms. The van der Waals surface area contributed by atoms with Gasteiger partial charge in [-0.3, -0.25) is 9.59 Å². The summed E-state index contributed by atoms with van der Waals surface area (Å²) in [6.45, 7) is 0.294. The fourth-order valence-corrected chi connectivity index (χ4v) is 2.58. The molecule has 0 heterocycles. The van der Waals surface area contributed by atoms with Gasteiger partial charge in [-0.15, -0.1) is 0 Å². The van der Waals surface area contributed by atoms with Crippen LogP contribution < -0.4 is 15.8 Å². The van der Waals surface area contributed by atoms with E-state index in [1.54, 1.807) is 30.3 Å². The van der Waals surface area contributed by atoms with Crippen LogP contribution in [0.25, 0.3) is 10.8 Å². The van der Waals surface area contributed by atoms with Gasteiger partial charge in [0, 0.05) is 5.56 Å². The predicted octanol–water partition coefficient (Wildman–Crippen LogP) is 2.75. The molecule has 0 unspecified atom stereocenters. The zero-order valence-corrected chi connectivity index (χ0v) is 14.6. The molecule has 0 aliphatic rings. The fourth-order valence-electron chi connectivity index (χ4n) is 2.58. The molecule has 0 saturated carbocycles. The lowest BCUT2D eigenvalue weighted by Crippen LogP contribution is -2.23. The number of benzene rings is 3. The maximum Gasteiger partial charge on any atom is 0.252 e. The summed E-state index contributed by atoms with van der Waals surface area (Å²) in [6, 6.07) is 20.1. The van der Waals surface area contributed by atoms with Crippen LogP contribution in [-0.2, 0) is 0 Å². The highest BCUT2D eigenvalue weighted by Gasteiger charge is 2.07. The monoisotopic (exact) mass is 358 g/mol. The molecule has 3 aromatic rings. The van der Waals surface area contributed by atoms with Gasteiger partial charge in [0.15, 0.2) is 0 Å². The first-order valence-electron chi connectivity index (χ1n) is 8.39. The number of carbonyl (C=O) groups excluding carboxylic acids is 2. The van der Waals surface area contributed by atoms with E-state index < -0.39 is 5.91 Å². The summed E-state index contributed by atoms with van der Waals surface area (Å²) in [7, 11) is 0. The van der Waals surface area contributed by atoms with Crippen molar-refractivity contribution in [1.29, 1.82) is 0 Å². The lowest BCUT2D eigenvalue weighted by molar-refractivity contribution is 0.0957. The number of nitrogens with two attached hydrogens (primary N) is 1. The summed E-state index contributed by atoms with van der Waals surface area (Å²) in [5.74, 6) is 5.27. The Bertz CT molecular complexity index is 1050. The quantitative estimate of drug-likeness (QED) is 0.688. The molecule has 134 valence electrons. The van der Waals surface area contributed by atoms with Gasteiger partial charge in [0.1, 0.15) is 12.4 Å². The molecule has 5 nitrogen and oxygen atoms in total. The Morgan fingerprint density at radius 2 is 1.67 bits per heavy atom. The number of hydrogen-bond donors (Lipinski definition) is 2. The van der Waals surface area contributed by atoms with E-state index in [9.17, 15) is 9.59 Å². The molecule has 27 heavy (non-hydrogen) atoms. The average molecular weight is 358 g/mol. The Balaban J connectivity index is 1.51. The van der Waals surface area contributed by atoms with Gasteiger partial charge in [0.2, 0.25) is 0 Å². The number of amides is 2. The topological polar surface area (TPSA) is 81.4 Å². The minimum absolute atomic E-state index is 0.0934. The lowest BCUT2D eigenvalue weighted by atomic mass is 10.1. The molecule has 0 bridgehead atoms. The summed E-state index contributed by atoms with van der Waals surface area (Å²) in [4.78, 5) is 23.5. The number of para-hydroxylation sites is 1. The maximum atomic E-state index is 12.2. The van der Waals surface area contributed by atoms with E-state index in [-0.39, 0.29) is 19.1 Å². The normalized spacial score (nSPS) is 9.93.